The van der Waals surface area contributed by atoms with E-state index in [1.807, 2.05) is 6.07 Å². The van der Waals surface area contributed by atoms with Gasteiger partial charge in [-0.2, -0.15) is 8.78 Å². The fourth-order valence-corrected chi connectivity index (χ4v) is 6.42. The number of rotatable bonds is 6. The third-order valence-corrected chi connectivity index (χ3v) is 8.27. The van der Waals surface area contributed by atoms with Gasteiger partial charge in [0.15, 0.2) is 5.75 Å². The summed E-state index contributed by atoms with van der Waals surface area (Å²) < 4.78 is 39.7. The molecule has 39 heavy (non-hydrogen) atoms. The number of thiophene rings is 1. The van der Waals surface area contributed by atoms with Gasteiger partial charge in [-0.15, -0.1) is 11.3 Å². The number of carboxylic acid groups (broad SMARTS) is 1. The zero-order valence-corrected chi connectivity index (χ0v) is 22.9. The van der Waals surface area contributed by atoms with Crippen LogP contribution < -0.4 is 10.2 Å². The van der Waals surface area contributed by atoms with E-state index in [1.165, 1.54) is 29.7 Å². The second kappa shape index (κ2) is 9.93. The summed E-state index contributed by atoms with van der Waals surface area (Å²) in [6.45, 7) is 2.26. The second-order valence-corrected chi connectivity index (χ2v) is 12.2. The molecule has 5 rings (SSSR count). The monoisotopic (exact) mass is 560 g/mol. The van der Waals surface area contributed by atoms with E-state index in [0.29, 0.717) is 10.4 Å². The number of fused-ring (bicyclic) bond motifs is 2. The molecule has 1 fully saturated rings. The summed E-state index contributed by atoms with van der Waals surface area (Å²) in [6, 6.07) is 4.57. The highest BCUT2D eigenvalue weighted by Crippen LogP contribution is 2.47. The van der Waals surface area contributed by atoms with E-state index in [4.69, 9.17) is 9.47 Å². The molecular formula is C28H30F2N2O6S. The zero-order chi connectivity index (χ0) is 28.2. The third-order valence-electron chi connectivity index (χ3n) is 7.02. The molecule has 1 saturated carbocycles. The zero-order valence-electron chi connectivity index (χ0n) is 22.1. The Morgan fingerprint density at radius 1 is 1.21 bits per heavy atom. The van der Waals surface area contributed by atoms with Crippen molar-refractivity contribution >= 4 is 34.3 Å². The second-order valence-electron chi connectivity index (χ2n) is 11.0. The first-order valence-corrected chi connectivity index (χ1v) is 13.7. The lowest BCUT2D eigenvalue weighted by Crippen LogP contribution is -2.37. The van der Waals surface area contributed by atoms with Crippen molar-refractivity contribution in [2.24, 2.45) is 0 Å². The standard InChI is InChI=1S/C28H30F2N2O6S/c1-28(2,3)38-27(36)31(4)19-6-5-7-20-17(19)12-21(39-20)15-10-11-16-22(24(15)37-26(29)30)32(14-8-9-14)13-18(23(16)33)25(34)35/h10-14,19,26H,5-9H2,1-4H3,(H,34,35). The number of halogens is 2. The maximum absolute atomic E-state index is 13.8. The van der Waals surface area contributed by atoms with Crippen molar-refractivity contribution < 1.29 is 33.0 Å². The van der Waals surface area contributed by atoms with Gasteiger partial charge in [-0.3, -0.25) is 4.79 Å². The lowest BCUT2D eigenvalue weighted by molar-refractivity contribution is -0.0486. The Morgan fingerprint density at radius 2 is 1.92 bits per heavy atom. The van der Waals surface area contributed by atoms with Gasteiger partial charge < -0.3 is 24.0 Å². The first kappa shape index (κ1) is 27.1. The minimum atomic E-state index is -3.16. The quantitative estimate of drug-likeness (QED) is 0.364. The average molecular weight is 561 g/mol. The van der Waals surface area contributed by atoms with E-state index in [2.05, 4.69) is 0 Å². The van der Waals surface area contributed by atoms with Crippen LogP contribution in [0, 0.1) is 0 Å². The molecule has 2 aromatic heterocycles. The fraction of sp³-hybridized carbons (Fsp3) is 0.464. The van der Waals surface area contributed by atoms with Gasteiger partial charge in [0.25, 0.3) is 0 Å². The number of aromatic nitrogens is 1. The topological polar surface area (TPSA) is 98.1 Å². The summed E-state index contributed by atoms with van der Waals surface area (Å²) in [4.78, 5) is 40.8. The van der Waals surface area contributed by atoms with E-state index < -0.39 is 35.3 Å². The van der Waals surface area contributed by atoms with Crippen LogP contribution in [0.5, 0.6) is 5.75 Å². The predicted molar refractivity (Wildman–Crippen MR) is 143 cm³/mol. The summed E-state index contributed by atoms with van der Waals surface area (Å²) >= 11 is 1.44. The first-order chi connectivity index (χ1) is 18.4. The normalized spacial score (nSPS) is 17.3. The summed E-state index contributed by atoms with van der Waals surface area (Å²) in [5.41, 5.74) is -0.322. The van der Waals surface area contributed by atoms with Crippen LogP contribution in [-0.4, -0.2) is 45.9 Å². The lowest BCUT2D eigenvalue weighted by atomic mass is 9.92. The highest BCUT2D eigenvalue weighted by Gasteiger charge is 2.33. The number of hydrogen-bond acceptors (Lipinski definition) is 6. The van der Waals surface area contributed by atoms with E-state index >= 15 is 0 Å². The molecular weight excluding hydrogens is 530 g/mol. The number of alkyl halides is 2. The number of ether oxygens (including phenoxy) is 2. The Balaban J connectivity index is 1.65. The molecule has 11 heteroatoms. The SMILES string of the molecule is CN(C(=O)OC(C)(C)C)C1CCCc2sc(-c3ccc4c(=O)c(C(=O)O)cn(C5CC5)c4c3OC(F)F)cc21. The first-order valence-electron chi connectivity index (χ1n) is 12.8. The van der Waals surface area contributed by atoms with Crippen molar-refractivity contribution in [1.29, 1.82) is 0 Å². The molecule has 1 atom stereocenters. The van der Waals surface area contributed by atoms with E-state index in [1.54, 1.807) is 37.3 Å². The molecule has 0 bridgehead atoms. The Bertz CT molecular complexity index is 1520. The van der Waals surface area contributed by atoms with Crippen LogP contribution >= 0.6 is 11.3 Å². The number of carbonyl (C=O) groups is 2. The summed E-state index contributed by atoms with van der Waals surface area (Å²) in [7, 11) is 1.70. The number of aryl methyl sites for hydroxylation is 1. The van der Waals surface area contributed by atoms with Gasteiger partial charge in [-0.25, -0.2) is 9.59 Å². The van der Waals surface area contributed by atoms with E-state index in [-0.39, 0.29) is 28.7 Å². The number of carboxylic acids is 1. The molecule has 0 spiro atoms. The van der Waals surface area contributed by atoms with Crippen LogP contribution in [0.2, 0.25) is 0 Å². The van der Waals surface area contributed by atoms with Crippen molar-refractivity contribution in [2.75, 3.05) is 7.05 Å². The molecule has 3 aromatic rings. The molecule has 1 aromatic carbocycles. The number of benzene rings is 1. The Hall–Kier alpha value is -3.47. The maximum atomic E-state index is 13.8. The molecule has 1 N–H and O–H groups in total. The van der Waals surface area contributed by atoms with E-state index in [0.717, 1.165) is 42.5 Å². The third kappa shape index (κ3) is 5.24. The smallest absolute Gasteiger partial charge is 0.410 e. The predicted octanol–water partition coefficient (Wildman–Crippen LogP) is 6.61. The van der Waals surface area contributed by atoms with Crippen molar-refractivity contribution in [3.8, 4) is 16.2 Å². The van der Waals surface area contributed by atoms with Gasteiger partial charge in [-0.05, 0) is 76.6 Å². The number of amides is 1. The van der Waals surface area contributed by atoms with Crippen LogP contribution in [0.1, 0.15) is 79.3 Å². The summed E-state index contributed by atoms with van der Waals surface area (Å²) in [6.07, 6.45) is 4.63. The molecule has 208 valence electrons. The molecule has 1 unspecified atom stereocenters. The van der Waals surface area contributed by atoms with Crippen LogP contribution in [-0.2, 0) is 11.2 Å². The Labute approximate surface area is 227 Å². The van der Waals surface area contributed by atoms with Gasteiger partial charge in [0.05, 0.1) is 16.9 Å². The molecule has 0 aliphatic heterocycles. The Kier molecular flexibility index (Phi) is 6.90. The van der Waals surface area contributed by atoms with Crippen LogP contribution in [0.3, 0.4) is 0 Å². The summed E-state index contributed by atoms with van der Waals surface area (Å²) in [5.74, 6) is -1.53. The molecule has 0 saturated heterocycles. The van der Waals surface area contributed by atoms with Gasteiger partial charge in [0.1, 0.15) is 11.2 Å². The van der Waals surface area contributed by atoms with Gasteiger partial charge >= 0.3 is 18.7 Å². The number of carbonyl (C=O) groups excluding carboxylic acids is 1. The van der Waals surface area contributed by atoms with Crippen LogP contribution in [0.15, 0.2) is 29.2 Å². The van der Waals surface area contributed by atoms with Crippen LogP contribution in [0.4, 0.5) is 13.6 Å². The minimum Gasteiger partial charge on any atom is -0.477 e. The maximum Gasteiger partial charge on any atom is 0.410 e. The van der Waals surface area contributed by atoms with E-state index in [9.17, 15) is 28.3 Å². The van der Waals surface area contributed by atoms with Gasteiger partial charge in [-0.1, -0.05) is 0 Å². The summed E-state index contributed by atoms with van der Waals surface area (Å²) in [5, 5.41) is 9.58. The largest absolute Gasteiger partial charge is 0.477 e. The number of nitrogens with zero attached hydrogens (tertiary/aromatic N) is 2. The lowest BCUT2D eigenvalue weighted by Gasteiger charge is -2.33. The van der Waals surface area contributed by atoms with Crippen molar-refractivity contribution in [3.05, 3.63) is 50.6 Å². The van der Waals surface area contributed by atoms with Crippen molar-refractivity contribution in [1.82, 2.24) is 9.47 Å². The van der Waals surface area contributed by atoms with Crippen molar-refractivity contribution in [2.45, 2.75) is 77.2 Å². The van der Waals surface area contributed by atoms with Gasteiger partial charge in [0.2, 0.25) is 5.43 Å². The van der Waals surface area contributed by atoms with Crippen molar-refractivity contribution in [3.63, 3.8) is 0 Å². The highest BCUT2D eigenvalue weighted by atomic mass is 32.1. The molecule has 0 radical (unpaired) electrons. The van der Waals surface area contributed by atoms with Gasteiger partial charge in [0, 0.05) is 34.6 Å². The molecule has 2 aliphatic carbocycles. The minimum absolute atomic E-state index is 0.0186. The Morgan fingerprint density at radius 3 is 2.54 bits per heavy atom. The average Bonchev–Trinajstić information content (AvgIpc) is 3.59. The number of aromatic carboxylic acids is 1. The molecule has 8 nitrogen and oxygen atoms in total. The molecule has 2 aliphatic rings. The molecule has 1 amide bonds. The molecule has 2 heterocycles. The number of pyridine rings is 1. The highest BCUT2D eigenvalue weighted by molar-refractivity contribution is 7.15. The van der Waals surface area contributed by atoms with Crippen LogP contribution in [0.25, 0.3) is 21.3 Å². The number of hydrogen-bond donors (Lipinski definition) is 1. The fourth-order valence-electron chi connectivity index (χ4n) is 5.14.